The SMILES string of the molecule is CCCCCCCCCCCCCCCCC(=O)OC(CC=O)CCCCCCCCC. The van der Waals surface area contributed by atoms with E-state index in [0.717, 1.165) is 32.0 Å². The molecule has 0 aromatic rings. The van der Waals surface area contributed by atoms with Gasteiger partial charge in [-0.25, -0.2) is 0 Å². The molecule has 32 heavy (non-hydrogen) atoms. The molecule has 0 aromatic heterocycles. The summed E-state index contributed by atoms with van der Waals surface area (Å²) in [6.45, 7) is 4.51. The second-order valence-electron chi connectivity index (χ2n) is 9.77. The Morgan fingerprint density at radius 2 is 0.969 bits per heavy atom. The first-order valence-electron chi connectivity index (χ1n) is 14.4. The first kappa shape index (κ1) is 31.1. The fourth-order valence-corrected chi connectivity index (χ4v) is 4.37. The Kier molecular flexibility index (Phi) is 25.7. The summed E-state index contributed by atoms with van der Waals surface area (Å²) in [6.07, 6.45) is 29.5. The van der Waals surface area contributed by atoms with E-state index in [-0.39, 0.29) is 12.1 Å². The molecule has 0 heterocycles. The molecule has 1 atom stereocenters. The van der Waals surface area contributed by atoms with Gasteiger partial charge < -0.3 is 9.53 Å². The highest BCUT2D eigenvalue weighted by atomic mass is 16.5. The largest absolute Gasteiger partial charge is 0.462 e. The molecule has 1 unspecified atom stereocenters. The Hall–Kier alpha value is -0.860. The molecule has 0 N–H and O–H groups in total. The van der Waals surface area contributed by atoms with E-state index >= 15 is 0 Å². The van der Waals surface area contributed by atoms with Gasteiger partial charge in [-0.2, -0.15) is 0 Å². The zero-order valence-electron chi connectivity index (χ0n) is 21.9. The van der Waals surface area contributed by atoms with E-state index in [0.29, 0.717) is 12.8 Å². The van der Waals surface area contributed by atoms with Crippen LogP contribution in [0.2, 0.25) is 0 Å². The molecule has 0 aliphatic heterocycles. The molecule has 0 bridgehead atoms. The number of ether oxygens (including phenoxy) is 1. The molecule has 0 rings (SSSR count). The summed E-state index contributed by atoms with van der Waals surface area (Å²) in [5.74, 6) is -0.112. The van der Waals surface area contributed by atoms with Crippen LogP contribution in [0.3, 0.4) is 0 Å². The van der Waals surface area contributed by atoms with Crippen molar-refractivity contribution in [2.45, 2.75) is 174 Å². The Morgan fingerprint density at radius 1 is 0.594 bits per heavy atom. The highest BCUT2D eigenvalue weighted by Crippen LogP contribution is 2.16. The molecule has 3 heteroatoms. The van der Waals surface area contributed by atoms with Crippen molar-refractivity contribution in [3.63, 3.8) is 0 Å². The van der Waals surface area contributed by atoms with Gasteiger partial charge in [0.1, 0.15) is 12.4 Å². The summed E-state index contributed by atoms with van der Waals surface area (Å²) in [7, 11) is 0. The van der Waals surface area contributed by atoms with Crippen LogP contribution in [0.4, 0.5) is 0 Å². The van der Waals surface area contributed by atoms with Crippen LogP contribution in [0.25, 0.3) is 0 Å². The fraction of sp³-hybridized carbons (Fsp3) is 0.931. The quantitative estimate of drug-likeness (QED) is 0.0745. The van der Waals surface area contributed by atoms with Crippen LogP contribution in [0, 0.1) is 0 Å². The van der Waals surface area contributed by atoms with Crippen LogP contribution < -0.4 is 0 Å². The topological polar surface area (TPSA) is 43.4 Å². The van der Waals surface area contributed by atoms with Crippen LogP contribution in [0.5, 0.6) is 0 Å². The van der Waals surface area contributed by atoms with Crippen molar-refractivity contribution in [2.24, 2.45) is 0 Å². The lowest BCUT2D eigenvalue weighted by molar-refractivity contribution is -0.150. The van der Waals surface area contributed by atoms with E-state index < -0.39 is 0 Å². The van der Waals surface area contributed by atoms with Gasteiger partial charge >= 0.3 is 5.97 Å². The Bertz CT molecular complexity index is 394. The van der Waals surface area contributed by atoms with E-state index in [1.54, 1.807) is 0 Å². The minimum Gasteiger partial charge on any atom is -0.462 e. The van der Waals surface area contributed by atoms with E-state index in [9.17, 15) is 9.59 Å². The molecule has 0 aliphatic carbocycles. The number of esters is 1. The Morgan fingerprint density at radius 3 is 1.38 bits per heavy atom. The third kappa shape index (κ3) is 23.8. The number of hydrogen-bond donors (Lipinski definition) is 0. The minimum absolute atomic E-state index is 0.112. The first-order chi connectivity index (χ1) is 15.7. The molecule has 0 fully saturated rings. The molecular weight excluding hydrogens is 396 g/mol. The molecule has 190 valence electrons. The molecule has 0 aliphatic rings. The summed E-state index contributed by atoms with van der Waals surface area (Å²) < 4.78 is 5.58. The lowest BCUT2D eigenvalue weighted by Gasteiger charge is -2.15. The Balaban J connectivity index is 3.51. The normalized spacial score (nSPS) is 12.1. The second kappa shape index (κ2) is 26.4. The molecule has 0 aromatic carbocycles. The molecule has 0 saturated heterocycles. The average Bonchev–Trinajstić information content (AvgIpc) is 2.78. The van der Waals surface area contributed by atoms with Crippen LogP contribution in [-0.4, -0.2) is 18.4 Å². The van der Waals surface area contributed by atoms with Crippen molar-refractivity contribution in [3.8, 4) is 0 Å². The second-order valence-corrected chi connectivity index (χ2v) is 9.77. The molecule has 0 radical (unpaired) electrons. The van der Waals surface area contributed by atoms with Gasteiger partial charge in [0.15, 0.2) is 0 Å². The van der Waals surface area contributed by atoms with Crippen LogP contribution in [0.15, 0.2) is 0 Å². The highest BCUT2D eigenvalue weighted by Gasteiger charge is 2.13. The van der Waals surface area contributed by atoms with Gasteiger partial charge in [-0.05, 0) is 19.3 Å². The van der Waals surface area contributed by atoms with Crippen LogP contribution in [0.1, 0.15) is 168 Å². The molecule has 0 saturated carbocycles. The molecule has 0 spiro atoms. The molecule has 0 amide bonds. The lowest BCUT2D eigenvalue weighted by Crippen LogP contribution is -2.18. The maximum atomic E-state index is 12.1. The van der Waals surface area contributed by atoms with E-state index in [1.807, 2.05) is 0 Å². The zero-order chi connectivity index (χ0) is 23.5. The smallest absolute Gasteiger partial charge is 0.306 e. The number of unbranched alkanes of at least 4 members (excludes halogenated alkanes) is 19. The van der Waals surface area contributed by atoms with Crippen molar-refractivity contribution in [3.05, 3.63) is 0 Å². The van der Waals surface area contributed by atoms with Gasteiger partial charge in [0.05, 0.1) is 0 Å². The minimum atomic E-state index is -0.206. The third-order valence-electron chi connectivity index (χ3n) is 6.52. The summed E-state index contributed by atoms with van der Waals surface area (Å²) in [6, 6.07) is 0. The summed E-state index contributed by atoms with van der Waals surface area (Å²) >= 11 is 0. The lowest BCUT2D eigenvalue weighted by atomic mass is 10.0. The monoisotopic (exact) mass is 452 g/mol. The average molecular weight is 453 g/mol. The highest BCUT2D eigenvalue weighted by molar-refractivity contribution is 5.69. The number of carbonyl (C=O) groups excluding carboxylic acids is 2. The van der Waals surface area contributed by atoms with Crippen LogP contribution in [-0.2, 0) is 14.3 Å². The molecular formula is C29H56O3. The van der Waals surface area contributed by atoms with Crippen molar-refractivity contribution < 1.29 is 14.3 Å². The summed E-state index contributed by atoms with van der Waals surface area (Å²) in [4.78, 5) is 23.0. The number of rotatable bonds is 26. The fourth-order valence-electron chi connectivity index (χ4n) is 4.37. The van der Waals surface area contributed by atoms with Gasteiger partial charge in [0.2, 0.25) is 0 Å². The molecule has 3 nitrogen and oxygen atoms in total. The van der Waals surface area contributed by atoms with Crippen LogP contribution >= 0.6 is 0 Å². The first-order valence-corrected chi connectivity index (χ1v) is 14.4. The summed E-state index contributed by atoms with van der Waals surface area (Å²) in [5.41, 5.74) is 0. The Labute approximate surface area is 200 Å². The third-order valence-corrected chi connectivity index (χ3v) is 6.52. The van der Waals surface area contributed by atoms with Gasteiger partial charge in [-0.15, -0.1) is 0 Å². The van der Waals surface area contributed by atoms with Gasteiger partial charge in [0.25, 0.3) is 0 Å². The predicted molar refractivity (Wildman–Crippen MR) is 138 cm³/mol. The number of aldehydes is 1. The number of carbonyl (C=O) groups is 2. The van der Waals surface area contributed by atoms with Gasteiger partial charge in [-0.3, -0.25) is 4.79 Å². The van der Waals surface area contributed by atoms with Crippen molar-refractivity contribution in [2.75, 3.05) is 0 Å². The van der Waals surface area contributed by atoms with E-state index in [2.05, 4.69) is 13.8 Å². The zero-order valence-corrected chi connectivity index (χ0v) is 21.9. The standard InChI is InChI=1S/C29H56O3/c1-3-5-7-9-11-12-13-14-15-16-17-19-21-23-25-29(31)32-28(26-27-30)24-22-20-18-10-8-6-4-2/h27-28H,3-26H2,1-2H3. The predicted octanol–water partition coefficient (Wildman–Crippen LogP) is 9.50. The maximum absolute atomic E-state index is 12.1. The van der Waals surface area contributed by atoms with Gasteiger partial charge in [0, 0.05) is 12.8 Å². The summed E-state index contributed by atoms with van der Waals surface area (Å²) in [5, 5.41) is 0. The van der Waals surface area contributed by atoms with E-state index in [4.69, 9.17) is 4.74 Å². The van der Waals surface area contributed by atoms with Crippen molar-refractivity contribution in [1.29, 1.82) is 0 Å². The maximum Gasteiger partial charge on any atom is 0.306 e. The van der Waals surface area contributed by atoms with Crippen molar-refractivity contribution >= 4 is 12.3 Å². The van der Waals surface area contributed by atoms with Crippen molar-refractivity contribution in [1.82, 2.24) is 0 Å². The van der Waals surface area contributed by atoms with Gasteiger partial charge in [-0.1, -0.05) is 136 Å². The van der Waals surface area contributed by atoms with E-state index in [1.165, 1.54) is 116 Å². The number of hydrogen-bond acceptors (Lipinski definition) is 3.